The second-order valence-electron chi connectivity index (χ2n) is 6.48. The Morgan fingerprint density at radius 3 is 2.36 bits per heavy atom. The third-order valence-electron chi connectivity index (χ3n) is 4.45. The predicted octanol–water partition coefficient (Wildman–Crippen LogP) is 6.45. The highest BCUT2D eigenvalue weighted by Gasteiger charge is 2.10. The Kier molecular flexibility index (Phi) is 5.40. The summed E-state index contributed by atoms with van der Waals surface area (Å²) in [5, 5.41) is 0. The van der Waals surface area contributed by atoms with Crippen LogP contribution in [0, 0.1) is 6.92 Å². The van der Waals surface area contributed by atoms with Gasteiger partial charge in [-0.1, -0.05) is 48.6 Å². The van der Waals surface area contributed by atoms with Gasteiger partial charge in [0.05, 0.1) is 5.69 Å². The highest BCUT2D eigenvalue weighted by atomic mass is 79.9. The van der Waals surface area contributed by atoms with Crippen LogP contribution in [0.25, 0.3) is 34.5 Å². The first-order valence-electron chi connectivity index (χ1n) is 8.97. The molecule has 4 heteroatoms. The van der Waals surface area contributed by atoms with E-state index in [9.17, 15) is 0 Å². The van der Waals surface area contributed by atoms with Crippen LogP contribution in [-0.2, 0) is 0 Å². The van der Waals surface area contributed by atoms with E-state index >= 15 is 0 Å². The minimum absolute atomic E-state index is 0.851. The maximum absolute atomic E-state index is 4.77. The Balaban J connectivity index is 1.82. The fourth-order valence-electron chi connectivity index (χ4n) is 2.98. The van der Waals surface area contributed by atoms with Crippen molar-refractivity contribution in [3.8, 4) is 22.4 Å². The van der Waals surface area contributed by atoms with Crippen molar-refractivity contribution >= 4 is 28.1 Å². The molecule has 0 radical (unpaired) electrons. The number of hydrogen-bond acceptors (Lipinski definition) is 3. The molecule has 0 bridgehead atoms. The second kappa shape index (κ2) is 8.28. The Labute approximate surface area is 173 Å². The lowest BCUT2D eigenvalue weighted by molar-refractivity contribution is 1.20. The van der Waals surface area contributed by atoms with E-state index in [2.05, 4.69) is 62.3 Å². The molecule has 0 saturated carbocycles. The van der Waals surface area contributed by atoms with Crippen molar-refractivity contribution in [2.45, 2.75) is 6.92 Å². The molecule has 28 heavy (non-hydrogen) atoms. The van der Waals surface area contributed by atoms with Gasteiger partial charge in [0.15, 0.2) is 0 Å². The van der Waals surface area contributed by atoms with E-state index in [0.29, 0.717) is 0 Å². The highest BCUT2D eigenvalue weighted by Crippen LogP contribution is 2.29. The first-order valence-corrected chi connectivity index (χ1v) is 9.76. The molecular formula is C24H18BrN3. The van der Waals surface area contributed by atoms with Gasteiger partial charge in [0.2, 0.25) is 0 Å². The Morgan fingerprint density at radius 1 is 0.786 bits per heavy atom. The van der Waals surface area contributed by atoms with Crippen LogP contribution < -0.4 is 0 Å². The molecule has 0 spiro atoms. The zero-order valence-electron chi connectivity index (χ0n) is 15.4. The lowest BCUT2D eigenvalue weighted by Gasteiger charge is -2.10. The summed E-state index contributed by atoms with van der Waals surface area (Å²) in [4.78, 5) is 13.4. The van der Waals surface area contributed by atoms with Crippen LogP contribution in [0.15, 0.2) is 84.0 Å². The zero-order valence-corrected chi connectivity index (χ0v) is 17.0. The van der Waals surface area contributed by atoms with E-state index in [-0.39, 0.29) is 0 Å². The monoisotopic (exact) mass is 427 g/mol. The summed E-state index contributed by atoms with van der Waals surface area (Å²) in [5.41, 5.74) is 7.23. The van der Waals surface area contributed by atoms with Gasteiger partial charge in [-0.15, -0.1) is 0 Å². The summed E-state index contributed by atoms with van der Waals surface area (Å²) in [6.07, 6.45) is 11.6. The molecule has 0 unspecified atom stereocenters. The van der Waals surface area contributed by atoms with E-state index in [1.165, 1.54) is 0 Å². The third-order valence-corrected chi connectivity index (χ3v) is 5.28. The van der Waals surface area contributed by atoms with Crippen LogP contribution in [0.4, 0.5) is 0 Å². The summed E-state index contributed by atoms with van der Waals surface area (Å²) in [6, 6.07) is 18.5. The quantitative estimate of drug-likeness (QED) is 0.351. The van der Waals surface area contributed by atoms with E-state index in [1.54, 1.807) is 6.20 Å². The van der Waals surface area contributed by atoms with Crippen molar-refractivity contribution in [2.75, 3.05) is 0 Å². The van der Waals surface area contributed by atoms with Gasteiger partial charge in [-0.3, -0.25) is 9.97 Å². The number of benzene rings is 1. The van der Waals surface area contributed by atoms with Crippen LogP contribution in [0.1, 0.15) is 16.7 Å². The van der Waals surface area contributed by atoms with Crippen molar-refractivity contribution in [1.82, 2.24) is 15.0 Å². The lowest BCUT2D eigenvalue weighted by Crippen LogP contribution is -1.93. The average molecular weight is 428 g/mol. The van der Waals surface area contributed by atoms with Gasteiger partial charge in [0, 0.05) is 47.0 Å². The minimum atomic E-state index is 0.851. The highest BCUT2D eigenvalue weighted by molar-refractivity contribution is 9.10. The van der Waals surface area contributed by atoms with Gasteiger partial charge in [0.25, 0.3) is 0 Å². The number of hydrogen-bond donors (Lipinski definition) is 0. The Bertz CT molecular complexity index is 1120. The average Bonchev–Trinajstić information content (AvgIpc) is 2.75. The summed E-state index contributed by atoms with van der Waals surface area (Å²) in [7, 11) is 0. The molecule has 3 nitrogen and oxygen atoms in total. The van der Waals surface area contributed by atoms with Crippen molar-refractivity contribution < 1.29 is 0 Å². The van der Waals surface area contributed by atoms with Gasteiger partial charge in [-0.25, -0.2) is 4.98 Å². The van der Waals surface area contributed by atoms with Gasteiger partial charge in [0.1, 0.15) is 4.60 Å². The Morgan fingerprint density at radius 2 is 1.61 bits per heavy atom. The maximum Gasteiger partial charge on any atom is 0.109 e. The topological polar surface area (TPSA) is 38.7 Å². The first kappa shape index (κ1) is 18.3. The van der Waals surface area contributed by atoms with Crippen LogP contribution in [0.3, 0.4) is 0 Å². The molecule has 0 aliphatic heterocycles. The molecule has 0 aliphatic carbocycles. The fourth-order valence-corrected chi connectivity index (χ4v) is 3.20. The maximum atomic E-state index is 4.77. The second-order valence-corrected chi connectivity index (χ2v) is 7.23. The molecule has 0 atom stereocenters. The number of rotatable bonds is 4. The fraction of sp³-hybridized carbons (Fsp3) is 0.0417. The van der Waals surface area contributed by atoms with Gasteiger partial charge in [-0.05, 0) is 52.2 Å². The molecule has 0 aliphatic rings. The normalized spacial score (nSPS) is 11.1. The predicted molar refractivity (Wildman–Crippen MR) is 119 cm³/mol. The van der Waals surface area contributed by atoms with E-state index in [1.807, 2.05) is 55.8 Å². The molecule has 4 aromatic rings. The summed E-state index contributed by atoms with van der Waals surface area (Å²) >= 11 is 3.47. The molecule has 0 fully saturated rings. The molecule has 3 aromatic heterocycles. The molecule has 0 N–H and O–H groups in total. The molecule has 4 rings (SSSR count). The van der Waals surface area contributed by atoms with Crippen LogP contribution in [0.2, 0.25) is 0 Å². The molecular weight excluding hydrogens is 410 g/mol. The molecule has 136 valence electrons. The zero-order chi connectivity index (χ0) is 19.3. The SMILES string of the molecule is Cc1cc(-c2ncc(-c3cccnc3)cc2/C=C/c2ccccc2)cnc1Br. The standard InChI is InChI=1S/C24H18BrN3/c1-17-12-22(16-28-24(17)25)23-19(10-9-18-6-3-2-4-7-18)13-21(15-27-23)20-8-5-11-26-14-20/h2-16H,1H3/b10-9+. The van der Waals surface area contributed by atoms with E-state index in [0.717, 1.165) is 43.7 Å². The number of aromatic nitrogens is 3. The van der Waals surface area contributed by atoms with Crippen molar-refractivity contribution in [2.24, 2.45) is 0 Å². The minimum Gasteiger partial charge on any atom is -0.264 e. The van der Waals surface area contributed by atoms with Crippen molar-refractivity contribution in [3.05, 3.63) is 101 Å². The molecule has 0 saturated heterocycles. The van der Waals surface area contributed by atoms with Crippen LogP contribution in [0.5, 0.6) is 0 Å². The third kappa shape index (κ3) is 4.07. The first-order chi connectivity index (χ1) is 13.7. The number of aryl methyl sites for hydroxylation is 1. The van der Waals surface area contributed by atoms with Crippen LogP contribution >= 0.6 is 15.9 Å². The Hall–Kier alpha value is -3.11. The number of pyridine rings is 3. The van der Waals surface area contributed by atoms with Gasteiger partial charge < -0.3 is 0 Å². The molecule has 1 aromatic carbocycles. The summed E-state index contributed by atoms with van der Waals surface area (Å²) in [6.45, 7) is 2.03. The summed E-state index contributed by atoms with van der Waals surface area (Å²) < 4.78 is 0.851. The van der Waals surface area contributed by atoms with Crippen molar-refractivity contribution in [1.29, 1.82) is 0 Å². The van der Waals surface area contributed by atoms with Crippen molar-refractivity contribution in [3.63, 3.8) is 0 Å². The lowest BCUT2D eigenvalue weighted by atomic mass is 10.0. The largest absolute Gasteiger partial charge is 0.264 e. The van der Waals surface area contributed by atoms with Gasteiger partial charge in [-0.2, -0.15) is 0 Å². The molecule has 3 heterocycles. The van der Waals surface area contributed by atoms with Gasteiger partial charge >= 0.3 is 0 Å². The van der Waals surface area contributed by atoms with Crippen LogP contribution in [-0.4, -0.2) is 15.0 Å². The number of halogens is 1. The molecule has 0 amide bonds. The number of nitrogens with zero attached hydrogens (tertiary/aromatic N) is 3. The summed E-state index contributed by atoms with van der Waals surface area (Å²) in [5.74, 6) is 0. The van der Waals surface area contributed by atoms with E-state index in [4.69, 9.17) is 4.98 Å². The van der Waals surface area contributed by atoms with E-state index < -0.39 is 0 Å². The smallest absolute Gasteiger partial charge is 0.109 e.